The van der Waals surface area contributed by atoms with Crippen LogP contribution in [-0.2, 0) is 6.54 Å². The van der Waals surface area contributed by atoms with Crippen LogP contribution < -0.4 is 5.32 Å². The molecule has 1 N–H and O–H groups in total. The van der Waals surface area contributed by atoms with Crippen molar-refractivity contribution in [3.63, 3.8) is 0 Å². The van der Waals surface area contributed by atoms with E-state index in [1.807, 2.05) is 24.4 Å². The second-order valence-corrected chi connectivity index (χ2v) is 3.01. The summed E-state index contributed by atoms with van der Waals surface area (Å²) < 4.78 is 0. The van der Waals surface area contributed by atoms with Gasteiger partial charge in [0.05, 0.1) is 5.69 Å². The first-order valence-electron chi connectivity index (χ1n) is 4.46. The lowest BCUT2D eigenvalue weighted by atomic mass is 10.2. The van der Waals surface area contributed by atoms with Crippen LogP contribution in [0.4, 0.5) is 0 Å². The van der Waals surface area contributed by atoms with Gasteiger partial charge in [-0.15, -0.1) is 0 Å². The molecule has 1 rings (SSSR count). The minimum absolute atomic E-state index is 0.576. The SMILES string of the molecule is CCC(C)NCc1ccccn1. The van der Waals surface area contributed by atoms with Crippen LogP contribution >= 0.6 is 0 Å². The molecule has 1 heterocycles. The summed E-state index contributed by atoms with van der Waals surface area (Å²) in [6.45, 7) is 5.23. The van der Waals surface area contributed by atoms with Gasteiger partial charge in [-0.1, -0.05) is 13.0 Å². The maximum absolute atomic E-state index is 4.22. The number of aromatic nitrogens is 1. The molecule has 2 heteroatoms. The van der Waals surface area contributed by atoms with Crippen molar-refractivity contribution in [2.24, 2.45) is 0 Å². The van der Waals surface area contributed by atoms with Crippen molar-refractivity contribution < 1.29 is 0 Å². The van der Waals surface area contributed by atoms with Gasteiger partial charge in [0.2, 0.25) is 0 Å². The number of nitrogens with zero attached hydrogens (tertiary/aromatic N) is 1. The van der Waals surface area contributed by atoms with E-state index in [0.29, 0.717) is 6.04 Å². The van der Waals surface area contributed by atoms with E-state index in [2.05, 4.69) is 24.1 Å². The molecular formula is C10H16N2. The highest BCUT2D eigenvalue weighted by molar-refractivity contribution is 5.02. The molecule has 1 aromatic rings. The summed E-state index contributed by atoms with van der Waals surface area (Å²) in [4.78, 5) is 4.22. The Labute approximate surface area is 74.0 Å². The number of rotatable bonds is 4. The molecule has 1 atom stereocenters. The van der Waals surface area contributed by atoms with E-state index in [9.17, 15) is 0 Å². The van der Waals surface area contributed by atoms with Crippen LogP contribution in [0.3, 0.4) is 0 Å². The van der Waals surface area contributed by atoms with Crippen molar-refractivity contribution in [1.82, 2.24) is 10.3 Å². The maximum atomic E-state index is 4.22. The van der Waals surface area contributed by atoms with Crippen molar-refractivity contribution in [3.8, 4) is 0 Å². The quantitative estimate of drug-likeness (QED) is 0.736. The molecule has 0 amide bonds. The maximum Gasteiger partial charge on any atom is 0.0541 e. The Balaban J connectivity index is 2.33. The largest absolute Gasteiger partial charge is 0.309 e. The fraction of sp³-hybridized carbons (Fsp3) is 0.500. The lowest BCUT2D eigenvalue weighted by Crippen LogP contribution is -2.24. The number of pyridine rings is 1. The van der Waals surface area contributed by atoms with E-state index in [1.165, 1.54) is 0 Å². The van der Waals surface area contributed by atoms with Crippen LogP contribution in [-0.4, -0.2) is 11.0 Å². The molecule has 0 radical (unpaired) electrons. The van der Waals surface area contributed by atoms with E-state index in [4.69, 9.17) is 0 Å². The van der Waals surface area contributed by atoms with Crippen molar-refractivity contribution in [3.05, 3.63) is 30.1 Å². The number of nitrogens with one attached hydrogen (secondary N) is 1. The van der Waals surface area contributed by atoms with Crippen molar-refractivity contribution >= 4 is 0 Å². The van der Waals surface area contributed by atoms with Crippen LogP contribution in [0.15, 0.2) is 24.4 Å². The minimum Gasteiger partial charge on any atom is -0.309 e. The standard InChI is InChI=1S/C10H16N2/c1-3-9(2)12-8-10-6-4-5-7-11-10/h4-7,9,12H,3,8H2,1-2H3. The molecule has 12 heavy (non-hydrogen) atoms. The van der Waals surface area contributed by atoms with E-state index >= 15 is 0 Å². The monoisotopic (exact) mass is 164 g/mol. The minimum atomic E-state index is 0.576. The van der Waals surface area contributed by atoms with Crippen LogP contribution in [0, 0.1) is 0 Å². The molecule has 0 fully saturated rings. The Kier molecular flexibility index (Phi) is 3.74. The van der Waals surface area contributed by atoms with Crippen LogP contribution in [0.2, 0.25) is 0 Å². The van der Waals surface area contributed by atoms with Gasteiger partial charge in [0, 0.05) is 18.8 Å². The topological polar surface area (TPSA) is 24.9 Å². The molecule has 0 aliphatic rings. The zero-order valence-electron chi connectivity index (χ0n) is 7.75. The highest BCUT2D eigenvalue weighted by atomic mass is 14.9. The summed E-state index contributed by atoms with van der Waals surface area (Å²) in [6.07, 6.45) is 2.99. The zero-order valence-corrected chi connectivity index (χ0v) is 7.75. The van der Waals surface area contributed by atoms with Crippen LogP contribution in [0.5, 0.6) is 0 Å². The Bertz CT molecular complexity index is 208. The van der Waals surface area contributed by atoms with Gasteiger partial charge in [-0.25, -0.2) is 0 Å². The third kappa shape index (κ3) is 3.01. The van der Waals surface area contributed by atoms with Crippen molar-refractivity contribution in [1.29, 1.82) is 0 Å². The van der Waals surface area contributed by atoms with Gasteiger partial charge >= 0.3 is 0 Å². The number of hydrogen-bond acceptors (Lipinski definition) is 2. The van der Waals surface area contributed by atoms with Gasteiger partial charge in [0.25, 0.3) is 0 Å². The Morgan fingerprint density at radius 3 is 2.92 bits per heavy atom. The summed E-state index contributed by atoms with van der Waals surface area (Å²) in [5.74, 6) is 0. The number of hydrogen-bond donors (Lipinski definition) is 1. The van der Waals surface area contributed by atoms with Gasteiger partial charge < -0.3 is 5.32 Å². The fourth-order valence-corrected chi connectivity index (χ4v) is 0.926. The molecule has 1 aromatic heterocycles. The van der Waals surface area contributed by atoms with E-state index in [-0.39, 0.29) is 0 Å². The molecule has 0 bridgehead atoms. The normalized spacial score (nSPS) is 12.8. The van der Waals surface area contributed by atoms with Crippen molar-refractivity contribution in [2.75, 3.05) is 0 Å². The second kappa shape index (κ2) is 4.88. The highest BCUT2D eigenvalue weighted by Gasteiger charge is 1.97. The Hall–Kier alpha value is -0.890. The molecule has 0 aromatic carbocycles. The summed E-state index contributed by atoms with van der Waals surface area (Å²) in [5.41, 5.74) is 1.11. The molecule has 2 nitrogen and oxygen atoms in total. The summed E-state index contributed by atoms with van der Waals surface area (Å²) >= 11 is 0. The predicted octanol–water partition coefficient (Wildman–Crippen LogP) is 1.97. The average Bonchev–Trinajstić information content (AvgIpc) is 2.16. The first-order valence-corrected chi connectivity index (χ1v) is 4.46. The smallest absolute Gasteiger partial charge is 0.0541 e. The molecule has 0 saturated heterocycles. The zero-order chi connectivity index (χ0) is 8.81. The van der Waals surface area contributed by atoms with Crippen molar-refractivity contribution in [2.45, 2.75) is 32.9 Å². The third-order valence-electron chi connectivity index (χ3n) is 1.97. The molecule has 1 unspecified atom stereocenters. The lowest BCUT2D eigenvalue weighted by molar-refractivity contribution is 0.529. The average molecular weight is 164 g/mol. The molecule has 0 aliphatic carbocycles. The highest BCUT2D eigenvalue weighted by Crippen LogP contribution is 1.94. The van der Waals surface area contributed by atoms with Gasteiger partial charge in [-0.2, -0.15) is 0 Å². The van der Waals surface area contributed by atoms with E-state index in [0.717, 1.165) is 18.7 Å². The fourth-order valence-electron chi connectivity index (χ4n) is 0.926. The van der Waals surface area contributed by atoms with E-state index in [1.54, 1.807) is 0 Å². The molecule has 0 spiro atoms. The van der Waals surface area contributed by atoms with Gasteiger partial charge in [0.1, 0.15) is 0 Å². The Morgan fingerprint density at radius 2 is 2.33 bits per heavy atom. The lowest BCUT2D eigenvalue weighted by Gasteiger charge is -2.09. The van der Waals surface area contributed by atoms with E-state index < -0.39 is 0 Å². The second-order valence-electron chi connectivity index (χ2n) is 3.01. The first-order chi connectivity index (χ1) is 5.83. The van der Waals surface area contributed by atoms with Crippen LogP contribution in [0.25, 0.3) is 0 Å². The third-order valence-corrected chi connectivity index (χ3v) is 1.97. The molecule has 0 aliphatic heterocycles. The van der Waals surface area contributed by atoms with Gasteiger partial charge in [-0.05, 0) is 25.5 Å². The summed E-state index contributed by atoms with van der Waals surface area (Å²) in [5, 5.41) is 3.39. The predicted molar refractivity (Wildman–Crippen MR) is 50.8 cm³/mol. The summed E-state index contributed by atoms with van der Waals surface area (Å²) in [7, 11) is 0. The first kappa shape index (κ1) is 9.20. The summed E-state index contributed by atoms with van der Waals surface area (Å²) in [6, 6.07) is 6.56. The van der Waals surface area contributed by atoms with Gasteiger partial charge in [-0.3, -0.25) is 4.98 Å². The van der Waals surface area contributed by atoms with Gasteiger partial charge in [0.15, 0.2) is 0 Å². The molecule has 0 saturated carbocycles. The van der Waals surface area contributed by atoms with Crippen LogP contribution in [0.1, 0.15) is 26.0 Å². The molecular weight excluding hydrogens is 148 g/mol. The Morgan fingerprint density at radius 1 is 1.50 bits per heavy atom. The molecule has 66 valence electrons.